The van der Waals surface area contributed by atoms with Gasteiger partial charge in [-0.15, -0.1) is 11.6 Å². The van der Waals surface area contributed by atoms with Crippen molar-refractivity contribution in [2.24, 2.45) is 0 Å². The molecule has 0 aromatic heterocycles. The highest BCUT2D eigenvalue weighted by Gasteiger charge is 2.38. The Balaban J connectivity index is 3.26. The molecule has 1 aromatic rings. The van der Waals surface area contributed by atoms with E-state index in [1.807, 2.05) is 0 Å². The summed E-state index contributed by atoms with van der Waals surface area (Å²) in [5, 5.41) is 18.2. The Bertz CT molecular complexity index is 623. The minimum Gasteiger partial charge on any atom is -0.479 e. The van der Waals surface area contributed by atoms with Crippen LogP contribution in [0.3, 0.4) is 0 Å². The zero-order valence-corrected chi connectivity index (χ0v) is 14.1. The molecule has 7 nitrogen and oxygen atoms in total. The molecule has 0 radical (unpaired) electrons. The molecule has 0 bridgehead atoms. The summed E-state index contributed by atoms with van der Waals surface area (Å²) in [6, 6.07) is 4.09. The van der Waals surface area contributed by atoms with Gasteiger partial charge in [0.2, 0.25) is 5.60 Å². The lowest BCUT2D eigenvalue weighted by Crippen LogP contribution is -2.43. The molecular weight excluding hydrogens is 340 g/mol. The highest BCUT2D eigenvalue weighted by molar-refractivity contribution is 6.30. The molecule has 0 unspecified atom stereocenters. The Labute approximate surface area is 144 Å². The van der Waals surface area contributed by atoms with Crippen LogP contribution in [-0.2, 0) is 9.59 Å². The first-order valence-corrected chi connectivity index (χ1v) is 7.83. The fourth-order valence-corrected chi connectivity index (χ4v) is 2.20. The minimum atomic E-state index is -1.47. The molecule has 24 heavy (non-hydrogen) atoms. The zero-order chi connectivity index (χ0) is 18.3. The van der Waals surface area contributed by atoms with E-state index in [9.17, 15) is 19.5 Å². The molecule has 0 amide bonds. The molecule has 0 atom stereocenters. The Morgan fingerprint density at radius 2 is 1.75 bits per heavy atom. The Kier molecular flexibility index (Phi) is 7.03. The third kappa shape index (κ3) is 4.61. The number of benzene rings is 1. The second-order valence-electron chi connectivity index (χ2n) is 5.01. The van der Waals surface area contributed by atoms with Gasteiger partial charge >= 0.3 is 11.9 Å². The lowest BCUT2D eigenvalue weighted by atomic mass is 9.97. The highest BCUT2D eigenvalue weighted by atomic mass is 35.5. The summed E-state index contributed by atoms with van der Waals surface area (Å²) in [7, 11) is 0. The number of hydrogen-bond donors (Lipinski definition) is 2. The smallest absolute Gasteiger partial charge is 0.348 e. The van der Waals surface area contributed by atoms with Crippen molar-refractivity contribution in [3.05, 3.63) is 23.8 Å². The quantitative estimate of drug-likeness (QED) is 0.488. The van der Waals surface area contributed by atoms with Gasteiger partial charge in [0.25, 0.3) is 0 Å². The van der Waals surface area contributed by atoms with E-state index in [2.05, 4.69) is 0 Å². The van der Waals surface area contributed by atoms with Crippen molar-refractivity contribution in [1.29, 1.82) is 0 Å². The van der Waals surface area contributed by atoms with Crippen LogP contribution in [0.4, 0.5) is 0 Å². The number of Topliss-reactive ketones (excluding diaryl/α,β-unsaturated/α-hetero) is 1. The molecule has 0 aliphatic carbocycles. The Morgan fingerprint density at radius 1 is 1.12 bits per heavy atom. The molecule has 0 saturated carbocycles. The number of hydrogen-bond acceptors (Lipinski definition) is 5. The van der Waals surface area contributed by atoms with Gasteiger partial charge in [-0.2, -0.15) is 0 Å². The largest absolute Gasteiger partial charge is 0.479 e. The van der Waals surface area contributed by atoms with Crippen LogP contribution in [0.1, 0.15) is 37.0 Å². The molecular formula is C16H19ClO7. The highest BCUT2D eigenvalue weighted by Crippen LogP contribution is 2.34. The summed E-state index contributed by atoms with van der Waals surface area (Å²) in [6.07, 6.45) is 0.388. The summed E-state index contributed by atoms with van der Waals surface area (Å²) in [6.45, 7) is 2.68. The summed E-state index contributed by atoms with van der Waals surface area (Å²) < 4.78 is 10.8. The third-order valence-corrected chi connectivity index (χ3v) is 3.82. The van der Waals surface area contributed by atoms with Gasteiger partial charge in [-0.1, -0.05) is 13.8 Å². The number of carboxylic acid groups (broad SMARTS) is 2. The van der Waals surface area contributed by atoms with Crippen LogP contribution in [0.15, 0.2) is 18.2 Å². The molecule has 0 heterocycles. The molecule has 8 heteroatoms. The lowest BCUT2D eigenvalue weighted by Gasteiger charge is -2.29. The summed E-state index contributed by atoms with van der Waals surface area (Å²) in [5.41, 5.74) is -1.26. The molecule has 1 aromatic carbocycles. The van der Waals surface area contributed by atoms with Crippen molar-refractivity contribution >= 4 is 29.3 Å². The summed E-state index contributed by atoms with van der Waals surface area (Å²) in [5.74, 6) is -2.96. The van der Waals surface area contributed by atoms with Gasteiger partial charge in [0.15, 0.2) is 23.9 Å². The minimum absolute atomic E-state index is 0.0270. The van der Waals surface area contributed by atoms with Crippen molar-refractivity contribution < 1.29 is 34.1 Å². The fraction of sp³-hybridized carbons (Fsp3) is 0.438. The van der Waals surface area contributed by atoms with Crippen molar-refractivity contribution in [3.63, 3.8) is 0 Å². The first-order chi connectivity index (χ1) is 11.3. The number of halogens is 1. The van der Waals surface area contributed by atoms with Crippen molar-refractivity contribution in [3.8, 4) is 11.5 Å². The maximum Gasteiger partial charge on any atom is 0.348 e. The number of ketones is 1. The van der Waals surface area contributed by atoms with Crippen molar-refractivity contribution in [1.82, 2.24) is 0 Å². The number of carboxylic acids is 2. The van der Waals surface area contributed by atoms with Gasteiger partial charge in [0.1, 0.15) is 0 Å². The average Bonchev–Trinajstić information content (AvgIpc) is 2.57. The van der Waals surface area contributed by atoms with Crippen LogP contribution < -0.4 is 9.47 Å². The van der Waals surface area contributed by atoms with E-state index in [0.29, 0.717) is 0 Å². The number of rotatable bonds is 10. The fourth-order valence-electron chi connectivity index (χ4n) is 2.05. The van der Waals surface area contributed by atoms with E-state index in [-0.39, 0.29) is 41.6 Å². The predicted molar refractivity (Wildman–Crippen MR) is 86.2 cm³/mol. The van der Waals surface area contributed by atoms with Gasteiger partial charge in [-0.3, -0.25) is 4.79 Å². The van der Waals surface area contributed by atoms with Gasteiger partial charge < -0.3 is 19.7 Å². The Morgan fingerprint density at radius 3 is 2.21 bits per heavy atom. The average molecular weight is 359 g/mol. The SMILES string of the molecule is CCC(CC)(Oc1ccc(C(=O)CCl)cc1OCC(=O)O)C(=O)O. The molecule has 0 aliphatic rings. The molecule has 0 spiro atoms. The van der Waals surface area contributed by atoms with Crippen molar-refractivity contribution in [2.75, 3.05) is 12.5 Å². The first kappa shape index (κ1) is 19.8. The van der Waals surface area contributed by atoms with Gasteiger partial charge in [0, 0.05) is 5.56 Å². The van der Waals surface area contributed by atoms with Gasteiger partial charge in [-0.05, 0) is 31.0 Å². The number of carbonyl (C=O) groups excluding carboxylic acids is 1. The number of alkyl halides is 1. The summed E-state index contributed by atoms with van der Waals surface area (Å²) in [4.78, 5) is 34.0. The van der Waals surface area contributed by atoms with Crippen LogP contribution >= 0.6 is 11.6 Å². The lowest BCUT2D eigenvalue weighted by molar-refractivity contribution is -0.156. The zero-order valence-electron chi connectivity index (χ0n) is 13.4. The van der Waals surface area contributed by atoms with Crippen LogP contribution in [0, 0.1) is 0 Å². The molecule has 0 fully saturated rings. The second-order valence-corrected chi connectivity index (χ2v) is 5.28. The second kappa shape index (κ2) is 8.54. The standard InChI is InChI=1S/C16H19ClO7/c1-3-16(4-2,15(21)22)24-12-6-5-10(11(18)8-17)7-13(12)23-9-14(19)20/h5-7H,3-4,8-9H2,1-2H3,(H,19,20)(H,21,22). The van der Waals surface area contributed by atoms with Gasteiger partial charge in [-0.25, -0.2) is 9.59 Å². The van der Waals surface area contributed by atoms with Crippen LogP contribution in [0.2, 0.25) is 0 Å². The summed E-state index contributed by atoms with van der Waals surface area (Å²) >= 11 is 5.51. The van der Waals surface area contributed by atoms with Crippen LogP contribution in [0.5, 0.6) is 11.5 Å². The van der Waals surface area contributed by atoms with Crippen LogP contribution in [0.25, 0.3) is 0 Å². The maximum atomic E-state index is 11.7. The van der Waals surface area contributed by atoms with E-state index in [4.69, 9.17) is 26.2 Å². The molecule has 1 rings (SSSR count). The topological polar surface area (TPSA) is 110 Å². The van der Waals surface area contributed by atoms with E-state index in [1.165, 1.54) is 18.2 Å². The van der Waals surface area contributed by atoms with E-state index >= 15 is 0 Å². The van der Waals surface area contributed by atoms with Crippen molar-refractivity contribution in [2.45, 2.75) is 32.3 Å². The van der Waals surface area contributed by atoms with Gasteiger partial charge in [0.05, 0.1) is 5.88 Å². The number of ether oxygens (including phenoxy) is 2. The van der Waals surface area contributed by atoms with Crippen LogP contribution in [-0.4, -0.2) is 46.0 Å². The predicted octanol–water partition coefficient (Wildman–Crippen LogP) is 2.59. The maximum absolute atomic E-state index is 11.7. The normalized spacial score (nSPS) is 11.0. The molecule has 2 N–H and O–H groups in total. The van der Waals surface area contributed by atoms with E-state index in [0.717, 1.165) is 0 Å². The van der Waals surface area contributed by atoms with E-state index in [1.54, 1.807) is 13.8 Å². The molecule has 132 valence electrons. The monoisotopic (exact) mass is 358 g/mol. The third-order valence-electron chi connectivity index (χ3n) is 3.58. The number of aliphatic carboxylic acids is 2. The first-order valence-electron chi connectivity index (χ1n) is 7.29. The number of carbonyl (C=O) groups is 3. The molecule has 0 saturated heterocycles. The Hall–Kier alpha value is -2.28. The molecule has 0 aliphatic heterocycles. The van der Waals surface area contributed by atoms with E-state index < -0.39 is 24.1 Å².